The summed E-state index contributed by atoms with van der Waals surface area (Å²) >= 11 is 0. The molecule has 0 saturated carbocycles. The van der Waals surface area contributed by atoms with Crippen LogP contribution in [0.1, 0.15) is 6.42 Å². The van der Waals surface area contributed by atoms with Crippen LogP contribution >= 0.6 is 0 Å². The summed E-state index contributed by atoms with van der Waals surface area (Å²) in [5, 5.41) is 3.37. The van der Waals surface area contributed by atoms with Crippen molar-refractivity contribution in [2.75, 3.05) is 17.3 Å². The molecule has 1 aliphatic heterocycles. The summed E-state index contributed by atoms with van der Waals surface area (Å²) in [7, 11) is 0. The first-order chi connectivity index (χ1) is 9.42. The van der Waals surface area contributed by atoms with Crippen LogP contribution in [0, 0.1) is 0 Å². The maximum Gasteiger partial charge on any atom is 0.122 e. The number of aliphatic imine (C=N–C) groups is 1. The summed E-state index contributed by atoms with van der Waals surface area (Å²) in [6.45, 7) is 0.874. The monoisotopic (exact) mass is 252 g/mol. The first kappa shape index (κ1) is 11.6. The van der Waals surface area contributed by atoms with Gasteiger partial charge in [0.1, 0.15) is 5.84 Å². The number of nitrogens with one attached hydrogen (secondary N) is 3. The van der Waals surface area contributed by atoms with Crippen LogP contribution in [0.15, 0.2) is 59.6 Å². The van der Waals surface area contributed by atoms with E-state index in [0.717, 1.165) is 35.9 Å². The molecule has 1 aliphatic rings. The topological polar surface area (TPSA) is 48.5 Å². The highest BCUT2D eigenvalue weighted by molar-refractivity contribution is 5.89. The molecule has 0 spiro atoms. The lowest BCUT2D eigenvalue weighted by atomic mass is 10.3. The number of benzene rings is 2. The van der Waals surface area contributed by atoms with Crippen molar-refractivity contribution in [3.8, 4) is 0 Å². The SMILES string of the molecule is c1ccc(NNC2=Nc3ccccc3NCC2)cc1. The number of rotatable bonds is 2. The van der Waals surface area contributed by atoms with Gasteiger partial charge in [0.2, 0.25) is 0 Å². The summed E-state index contributed by atoms with van der Waals surface area (Å²) in [5.41, 5.74) is 9.42. The van der Waals surface area contributed by atoms with Crippen LogP contribution in [0.25, 0.3) is 0 Å². The van der Waals surface area contributed by atoms with Gasteiger partial charge in [0.05, 0.1) is 17.1 Å². The van der Waals surface area contributed by atoms with Crippen LogP contribution in [0.4, 0.5) is 17.1 Å². The van der Waals surface area contributed by atoms with E-state index in [1.54, 1.807) is 0 Å². The number of amidine groups is 1. The molecular weight excluding hydrogens is 236 g/mol. The number of hydrogen-bond donors (Lipinski definition) is 3. The zero-order valence-corrected chi connectivity index (χ0v) is 10.6. The maximum atomic E-state index is 4.63. The molecule has 3 N–H and O–H groups in total. The summed E-state index contributed by atoms with van der Waals surface area (Å²) < 4.78 is 0. The third kappa shape index (κ3) is 2.85. The molecule has 0 fully saturated rings. The van der Waals surface area contributed by atoms with Crippen molar-refractivity contribution in [3.63, 3.8) is 0 Å². The second kappa shape index (κ2) is 5.44. The Labute approximate surface area is 112 Å². The molecule has 4 heteroatoms. The van der Waals surface area contributed by atoms with Crippen molar-refractivity contribution >= 4 is 22.9 Å². The Hall–Kier alpha value is -2.49. The van der Waals surface area contributed by atoms with Gasteiger partial charge >= 0.3 is 0 Å². The standard InChI is InChI=1S/C15H16N4/c1-2-6-12(7-3-1)18-19-15-10-11-16-13-8-4-5-9-14(13)17-15/h1-9,16,18H,10-11H2,(H,17,19). The van der Waals surface area contributed by atoms with Crippen molar-refractivity contribution in [1.29, 1.82) is 0 Å². The highest BCUT2D eigenvalue weighted by Crippen LogP contribution is 2.26. The molecule has 0 aromatic heterocycles. The third-order valence-electron chi connectivity index (χ3n) is 2.96. The summed E-state index contributed by atoms with van der Waals surface area (Å²) in [6.07, 6.45) is 0.856. The first-order valence-electron chi connectivity index (χ1n) is 6.39. The minimum atomic E-state index is 0.856. The highest BCUT2D eigenvalue weighted by Gasteiger charge is 2.08. The molecule has 19 heavy (non-hydrogen) atoms. The van der Waals surface area contributed by atoms with Gasteiger partial charge in [-0.1, -0.05) is 30.3 Å². The molecule has 2 aromatic carbocycles. The minimum Gasteiger partial charge on any atom is -0.383 e. The van der Waals surface area contributed by atoms with Crippen LogP contribution in [-0.4, -0.2) is 12.4 Å². The van der Waals surface area contributed by atoms with E-state index in [4.69, 9.17) is 0 Å². The fraction of sp³-hybridized carbons (Fsp3) is 0.133. The number of nitrogens with zero attached hydrogens (tertiary/aromatic N) is 1. The molecule has 0 aliphatic carbocycles. The van der Waals surface area contributed by atoms with Gasteiger partial charge in [0.25, 0.3) is 0 Å². The van der Waals surface area contributed by atoms with Crippen molar-refractivity contribution in [2.24, 2.45) is 4.99 Å². The van der Waals surface area contributed by atoms with E-state index in [1.807, 2.05) is 54.6 Å². The zero-order chi connectivity index (χ0) is 12.9. The van der Waals surface area contributed by atoms with Gasteiger partial charge in [-0.05, 0) is 24.3 Å². The van der Waals surface area contributed by atoms with Crippen molar-refractivity contribution in [3.05, 3.63) is 54.6 Å². The molecule has 96 valence electrons. The highest BCUT2D eigenvalue weighted by atomic mass is 15.4. The Balaban J connectivity index is 1.73. The van der Waals surface area contributed by atoms with E-state index in [-0.39, 0.29) is 0 Å². The van der Waals surface area contributed by atoms with Crippen LogP contribution in [-0.2, 0) is 0 Å². The van der Waals surface area contributed by atoms with Crippen LogP contribution in [0.3, 0.4) is 0 Å². The normalized spacial score (nSPS) is 13.6. The van der Waals surface area contributed by atoms with Crippen LogP contribution in [0.5, 0.6) is 0 Å². The fourth-order valence-electron chi connectivity index (χ4n) is 1.99. The number of fused-ring (bicyclic) bond motifs is 1. The second-order valence-corrected chi connectivity index (χ2v) is 4.37. The van der Waals surface area contributed by atoms with Crippen molar-refractivity contribution in [1.82, 2.24) is 5.43 Å². The molecule has 0 amide bonds. The lowest BCUT2D eigenvalue weighted by Gasteiger charge is -2.10. The van der Waals surface area contributed by atoms with Crippen molar-refractivity contribution < 1.29 is 0 Å². The zero-order valence-electron chi connectivity index (χ0n) is 10.6. The van der Waals surface area contributed by atoms with Crippen molar-refractivity contribution in [2.45, 2.75) is 6.42 Å². The quantitative estimate of drug-likeness (QED) is 0.720. The average Bonchev–Trinajstić information content (AvgIpc) is 2.68. The number of hydrazine groups is 1. The van der Waals surface area contributed by atoms with Gasteiger partial charge in [-0.2, -0.15) is 0 Å². The van der Waals surface area contributed by atoms with Gasteiger partial charge in [0.15, 0.2) is 0 Å². The lowest BCUT2D eigenvalue weighted by molar-refractivity contribution is 1.02. The minimum absolute atomic E-state index is 0.856. The molecular formula is C15H16N4. The maximum absolute atomic E-state index is 4.63. The predicted octanol–water partition coefficient (Wildman–Crippen LogP) is 3.15. The molecule has 1 heterocycles. The average molecular weight is 252 g/mol. The molecule has 0 radical (unpaired) electrons. The van der Waals surface area contributed by atoms with E-state index in [1.165, 1.54) is 0 Å². The third-order valence-corrected chi connectivity index (χ3v) is 2.96. The van der Waals surface area contributed by atoms with E-state index in [2.05, 4.69) is 21.2 Å². The van der Waals surface area contributed by atoms with Gasteiger partial charge in [-0.25, -0.2) is 4.99 Å². The summed E-state index contributed by atoms with van der Waals surface area (Å²) in [6, 6.07) is 18.1. The molecule has 2 aromatic rings. The Kier molecular flexibility index (Phi) is 3.32. The molecule has 0 unspecified atom stereocenters. The molecule has 3 rings (SSSR count). The van der Waals surface area contributed by atoms with Gasteiger partial charge in [-0.3, -0.25) is 10.9 Å². The van der Waals surface area contributed by atoms with Gasteiger partial charge < -0.3 is 5.32 Å². The fourth-order valence-corrected chi connectivity index (χ4v) is 1.99. The van der Waals surface area contributed by atoms with E-state index in [9.17, 15) is 0 Å². The summed E-state index contributed by atoms with van der Waals surface area (Å²) in [5.74, 6) is 0.932. The Bertz CT molecular complexity index is 578. The number of hydrogen-bond acceptors (Lipinski definition) is 4. The number of para-hydroxylation sites is 3. The summed E-state index contributed by atoms with van der Waals surface area (Å²) in [4.78, 5) is 4.63. The molecule has 0 atom stereocenters. The van der Waals surface area contributed by atoms with Gasteiger partial charge in [0, 0.05) is 13.0 Å². The smallest absolute Gasteiger partial charge is 0.122 e. The Morgan fingerprint density at radius 3 is 2.58 bits per heavy atom. The second-order valence-electron chi connectivity index (χ2n) is 4.37. The largest absolute Gasteiger partial charge is 0.383 e. The molecule has 0 saturated heterocycles. The lowest BCUT2D eigenvalue weighted by Crippen LogP contribution is -2.30. The van der Waals surface area contributed by atoms with Gasteiger partial charge in [-0.15, -0.1) is 0 Å². The first-order valence-corrected chi connectivity index (χ1v) is 6.39. The van der Waals surface area contributed by atoms with Crippen LogP contribution < -0.4 is 16.2 Å². The number of anilines is 2. The molecule has 0 bridgehead atoms. The van der Waals surface area contributed by atoms with E-state index >= 15 is 0 Å². The van der Waals surface area contributed by atoms with E-state index < -0.39 is 0 Å². The Morgan fingerprint density at radius 2 is 1.68 bits per heavy atom. The van der Waals surface area contributed by atoms with E-state index in [0.29, 0.717) is 0 Å². The Morgan fingerprint density at radius 1 is 0.895 bits per heavy atom. The predicted molar refractivity (Wildman–Crippen MR) is 79.8 cm³/mol. The molecule has 4 nitrogen and oxygen atoms in total. The van der Waals surface area contributed by atoms with Crippen LogP contribution in [0.2, 0.25) is 0 Å².